The molecule has 1 heterocycles. The minimum atomic E-state index is -0.665. The monoisotopic (exact) mass is 234 g/mol. The van der Waals surface area contributed by atoms with Crippen molar-refractivity contribution in [2.24, 2.45) is 5.92 Å². The average molecular weight is 235 g/mol. The van der Waals surface area contributed by atoms with Crippen molar-refractivity contribution >= 4 is 23.2 Å². The van der Waals surface area contributed by atoms with Gasteiger partial charge in [-0.15, -0.1) is 23.2 Å². The van der Waals surface area contributed by atoms with Gasteiger partial charge in [-0.05, 0) is 31.6 Å². The van der Waals surface area contributed by atoms with Gasteiger partial charge in [0.05, 0.1) is 6.10 Å². The SMILES string of the molecule is [CH2]CCC(Cl)(Cl)C[C]1OC2CCC1C2. The molecule has 0 aromatic rings. The van der Waals surface area contributed by atoms with Crippen molar-refractivity contribution in [3.63, 3.8) is 0 Å². The number of fused-ring (bicyclic) bond motifs is 2. The molecule has 0 spiro atoms. The van der Waals surface area contributed by atoms with Gasteiger partial charge in [-0.1, -0.05) is 13.3 Å². The number of alkyl halides is 2. The zero-order chi connectivity index (χ0) is 10.2. The summed E-state index contributed by atoms with van der Waals surface area (Å²) in [6.45, 7) is 3.77. The fourth-order valence-corrected chi connectivity index (χ4v) is 2.97. The van der Waals surface area contributed by atoms with Crippen LogP contribution in [0.15, 0.2) is 0 Å². The number of hydrogen-bond acceptors (Lipinski definition) is 1. The molecule has 2 bridgehead atoms. The molecule has 0 aromatic carbocycles. The van der Waals surface area contributed by atoms with E-state index in [9.17, 15) is 0 Å². The van der Waals surface area contributed by atoms with Crippen LogP contribution in [0.5, 0.6) is 0 Å². The van der Waals surface area contributed by atoms with Crippen LogP contribution in [0.4, 0.5) is 0 Å². The molecule has 1 saturated carbocycles. The van der Waals surface area contributed by atoms with E-state index in [2.05, 4.69) is 6.92 Å². The molecule has 2 fully saturated rings. The van der Waals surface area contributed by atoms with Gasteiger partial charge in [0.2, 0.25) is 0 Å². The van der Waals surface area contributed by atoms with Gasteiger partial charge in [0.15, 0.2) is 0 Å². The summed E-state index contributed by atoms with van der Waals surface area (Å²) < 4.78 is 5.10. The highest BCUT2D eigenvalue weighted by molar-refractivity contribution is 6.48. The van der Waals surface area contributed by atoms with Gasteiger partial charge >= 0.3 is 0 Å². The highest BCUT2D eigenvalue weighted by atomic mass is 35.5. The summed E-state index contributed by atoms with van der Waals surface area (Å²) in [4.78, 5) is 0. The summed E-state index contributed by atoms with van der Waals surface area (Å²) in [6.07, 6.45) is 7.44. The fourth-order valence-electron chi connectivity index (χ4n) is 2.44. The number of rotatable bonds is 4. The normalized spacial score (nSPS) is 32.8. The third kappa shape index (κ3) is 2.37. The molecule has 2 rings (SSSR count). The first-order valence-electron chi connectivity index (χ1n) is 5.30. The Balaban J connectivity index is 1.86. The Kier molecular flexibility index (Phi) is 3.30. The van der Waals surface area contributed by atoms with Crippen LogP contribution < -0.4 is 0 Å². The van der Waals surface area contributed by atoms with Crippen LogP contribution in [0.25, 0.3) is 0 Å². The predicted molar refractivity (Wildman–Crippen MR) is 59.1 cm³/mol. The summed E-state index contributed by atoms with van der Waals surface area (Å²) in [5, 5.41) is 0. The quantitative estimate of drug-likeness (QED) is 0.671. The smallest absolute Gasteiger partial charge is 0.121 e. The van der Waals surface area contributed by atoms with Crippen molar-refractivity contribution in [1.29, 1.82) is 0 Å². The van der Waals surface area contributed by atoms with Gasteiger partial charge in [0, 0.05) is 6.42 Å². The lowest BCUT2D eigenvalue weighted by molar-refractivity contribution is 0.0723. The van der Waals surface area contributed by atoms with Gasteiger partial charge in [0.1, 0.15) is 10.4 Å². The molecule has 0 amide bonds. The fraction of sp³-hybridized carbons (Fsp3) is 0.818. The lowest BCUT2D eigenvalue weighted by atomic mass is 9.96. The topological polar surface area (TPSA) is 9.23 Å². The molecule has 2 aliphatic rings. The Labute approximate surface area is 96.1 Å². The first kappa shape index (κ1) is 11.0. The molecule has 2 atom stereocenters. The Morgan fingerprint density at radius 2 is 2.21 bits per heavy atom. The third-order valence-electron chi connectivity index (χ3n) is 3.13. The molecule has 3 heteroatoms. The Morgan fingerprint density at radius 3 is 2.71 bits per heavy atom. The van der Waals surface area contributed by atoms with Crippen LogP contribution in [0.3, 0.4) is 0 Å². The van der Waals surface area contributed by atoms with Gasteiger partial charge in [-0.25, -0.2) is 0 Å². The van der Waals surface area contributed by atoms with E-state index >= 15 is 0 Å². The van der Waals surface area contributed by atoms with Crippen LogP contribution in [-0.4, -0.2) is 10.4 Å². The molecule has 0 N–H and O–H groups in total. The van der Waals surface area contributed by atoms with E-state index in [-0.39, 0.29) is 0 Å². The van der Waals surface area contributed by atoms with E-state index in [0.717, 1.165) is 18.9 Å². The van der Waals surface area contributed by atoms with Gasteiger partial charge in [-0.2, -0.15) is 0 Å². The molecule has 0 aromatic heterocycles. The van der Waals surface area contributed by atoms with E-state index in [1.807, 2.05) is 0 Å². The molecular weight excluding hydrogens is 219 g/mol. The van der Waals surface area contributed by atoms with E-state index in [0.29, 0.717) is 18.4 Å². The molecule has 14 heavy (non-hydrogen) atoms. The van der Waals surface area contributed by atoms with E-state index < -0.39 is 4.33 Å². The summed E-state index contributed by atoms with van der Waals surface area (Å²) in [6, 6.07) is 0. The van der Waals surface area contributed by atoms with E-state index in [1.54, 1.807) is 0 Å². The van der Waals surface area contributed by atoms with Crippen LogP contribution in [-0.2, 0) is 4.74 Å². The first-order chi connectivity index (χ1) is 6.61. The van der Waals surface area contributed by atoms with Crippen molar-refractivity contribution in [3.05, 3.63) is 13.0 Å². The van der Waals surface area contributed by atoms with Crippen molar-refractivity contribution in [1.82, 2.24) is 0 Å². The minimum Gasteiger partial charge on any atom is -0.368 e. The minimum absolute atomic E-state index is 0.457. The standard InChI is InChI=1S/C11H16Cl2O/c1-2-5-11(12,13)7-10-8-3-4-9(6-8)14-10/h8-9H,1-7H2. The first-order valence-corrected chi connectivity index (χ1v) is 6.06. The molecule has 80 valence electrons. The van der Waals surface area contributed by atoms with Crippen LogP contribution >= 0.6 is 23.2 Å². The summed E-state index contributed by atoms with van der Waals surface area (Å²) >= 11 is 12.4. The van der Waals surface area contributed by atoms with Crippen molar-refractivity contribution in [2.75, 3.05) is 0 Å². The van der Waals surface area contributed by atoms with Crippen molar-refractivity contribution < 1.29 is 4.74 Å². The molecular formula is C11H16Cl2O. The number of hydrogen-bond donors (Lipinski definition) is 0. The summed E-state index contributed by atoms with van der Waals surface area (Å²) in [5.74, 6) is 0.627. The Morgan fingerprint density at radius 1 is 1.43 bits per heavy atom. The summed E-state index contributed by atoms with van der Waals surface area (Å²) in [5.41, 5.74) is 0. The largest absolute Gasteiger partial charge is 0.368 e. The maximum Gasteiger partial charge on any atom is 0.121 e. The second-order valence-corrected chi connectivity index (χ2v) is 5.99. The van der Waals surface area contributed by atoms with Gasteiger partial charge in [-0.3, -0.25) is 0 Å². The van der Waals surface area contributed by atoms with Gasteiger partial charge < -0.3 is 4.74 Å². The maximum absolute atomic E-state index is 6.18. The molecule has 1 saturated heterocycles. The van der Waals surface area contributed by atoms with E-state index in [4.69, 9.17) is 27.9 Å². The molecule has 1 aliphatic carbocycles. The lowest BCUT2D eigenvalue weighted by Gasteiger charge is -2.27. The van der Waals surface area contributed by atoms with Crippen LogP contribution in [0, 0.1) is 18.9 Å². The molecule has 1 aliphatic heterocycles. The second-order valence-electron chi connectivity index (χ2n) is 4.35. The van der Waals surface area contributed by atoms with Crippen molar-refractivity contribution in [2.45, 2.75) is 49.0 Å². The Hall–Kier alpha value is 0.540. The Bertz CT molecular complexity index is 205. The third-order valence-corrected chi connectivity index (χ3v) is 3.78. The second kappa shape index (κ2) is 4.19. The highest BCUT2D eigenvalue weighted by Crippen LogP contribution is 2.49. The molecule has 2 unspecified atom stereocenters. The van der Waals surface area contributed by atoms with Gasteiger partial charge in [0.25, 0.3) is 0 Å². The highest BCUT2D eigenvalue weighted by Gasteiger charge is 2.44. The maximum atomic E-state index is 6.18. The average Bonchev–Trinajstić information content (AvgIpc) is 2.63. The lowest BCUT2D eigenvalue weighted by Crippen LogP contribution is -2.22. The van der Waals surface area contributed by atoms with Crippen LogP contribution in [0.1, 0.15) is 38.5 Å². The number of ether oxygens (including phenoxy) is 1. The zero-order valence-electron chi connectivity index (χ0n) is 8.27. The molecule has 1 nitrogen and oxygen atoms in total. The number of halogens is 2. The molecule has 2 radical (unpaired) electrons. The zero-order valence-corrected chi connectivity index (χ0v) is 9.78. The van der Waals surface area contributed by atoms with Crippen LogP contribution in [0.2, 0.25) is 0 Å². The van der Waals surface area contributed by atoms with E-state index in [1.165, 1.54) is 19.3 Å². The predicted octanol–water partition coefficient (Wildman–Crippen LogP) is 3.90. The van der Waals surface area contributed by atoms with Crippen molar-refractivity contribution in [3.8, 4) is 0 Å². The summed E-state index contributed by atoms with van der Waals surface area (Å²) in [7, 11) is 0.